The molecule has 3 heterocycles. The summed E-state index contributed by atoms with van der Waals surface area (Å²) in [6.07, 6.45) is 5.65. The van der Waals surface area contributed by atoms with Gasteiger partial charge in [0.25, 0.3) is 0 Å². The predicted molar refractivity (Wildman–Crippen MR) is 89.1 cm³/mol. The second-order valence-electron chi connectivity index (χ2n) is 6.56. The molecular weight excluding hydrogens is 288 g/mol. The molecule has 23 heavy (non-hydrogen) atoms. The molecule has 2 aliphatic rings. The maximum Gasteiger partial charge on any atom is 0.222 e. The molecule has 1 aromatic heterocycles. The average molecular weight is 310 g/mol. The lowest BCUT2D eigenvalue weighted by Gasteiger charge is -2.23. The molecule has 2 aromatic rings. The number of aromatic nitrogens is 2. The summed E-state index contributed by atoms with van der Waals surface area (Å²) in [5.41, 5.74) is 1.37. The van der Waals surface area contributed by atoms with Crippen LogP contribution >= 0.6 is 0 Å². The highest BCUT2D eigenvalue weighted by atomic mass is 16.5. The summed E-state index contributed by atoms with van der Waals surface area (Å²) < 4.78 is 6.19. The molecule has 0 radical (unpaired) electrons. The molecule has 5 nitrogen and oxygen atoms in total. The van der Waals surface area contributed by atoms with Crippen LogP contribution in [0.5, 0.6) is 0 Å². The van der Waals surface area contributed by atoms with Crippen molar-refractivity contribution >= 4 is 5.95 Å². The first-order valence-corrected chi connectivity index (χ1v) is 8.25. The number of nitrogens with one attached hydrogen (secondary N) is 1. The second-order valence-corrected chi connectivity index (χ2v) is 6.56. The molecule has 2 atom stereocenters. The minimum absolute atomic E-state index is 0.00122. The Hall–Kier alpha value is -1.98. The molecule has 1 spiro atoms. The van der Waals surface area contributed by atoms with E-state index in [0.717, 1.165) is 39.1 Å². The van der Waals surface area contributed by atoms with E-state index in [-0.39, 0.29) is 5.60 Å². The van der Waals surface area contributed by atoms with Gasteiger partial charge in [0.2, 0.25) is 5.95 Å². The van der Waals surface area contributed by atoms with Crippen molar-refractivity contribution in [1.82, 2.24) is 14.9 Å². The van der Waals surface area contributed by atoms with Gasteiger partial charge < -0.3 is 10.1 Å². The van der Waals surface area contributed by atoms with E-state index in [2.05, 4.69) is 50.5 Å². The number of benzene rings is 1. The molecule has 4 rings (SSSR count). The Bertz CT molecular complexity index is 576. The monoisotopic (exact) mass is 310 g/mol. The van der Waals surface area contributed by atoms with Crippen LogP contribution in [-0.4, -0.2) is 46.2 Å². The Morgan fingerprint density at radius 1 is 1.17 bits per heavy atom. The number of anilines is 1. The molecular formula is C18H22N4O. The summed E-state index contributed by atoms with van der Waals surface area (Å²) in [4.78, 5) is 11.0. The van der Waals surface area contributed by atoms with E-state index in [4.69, 9.17) is 4.74 Å². The van der Waals surface area contributed by atoms with E-state index in [0.29, 0.717) is 12.0 Å². The zero-order chi connectivity index (χ0) is 15.5. The van der Waals surface area contributed by atoms with E-state index < -0.39 is 0 Å². The standard InChI is InChI=1S/C18H22N4O/c1-2-5-15(6-3-1)12-22-10-7-18(14-22)11-16(13-23-18)21-17-19-8-4-9-20-17/h1-6,8-9,16H,7,10-14H2,(H,19,20,21)/t16-,18-/m1/s1. The molecule has 2 saturated heterocycles. The van der Waals surface area contributed by atoms with Gasteiger partial charge in [0.05, 0.1) is 18.2 Å². The first-order chi connectivity index (χ1) is 11.3. The topological polar surface area (TPSA) is 50.3 Å². The van der Waals surface area contributed by atoms with Crippen LogP contribution in [0.25, 0.3) is 0 Å². The number of rotatable bonds is 4. The maximum absolute atomic E-state index is 6.19. The van der Waals surface area contributed by atoms with Crippen molar-refractivity contribution < 1.29 is 4.74 Å². The SMILES string of the molecule is c1ccc(CN2CC[C@@]3(C[C@@H](Nc4ncccn4)CO3)C2)cc1. The summed E-state index contributed by atoms with van der Waals surface area (Å²) in [5.74, 6) is 0.692. The van der Waals surface area contributed by atoms with Crippen molar-refractivity contribution in [1.29, 1.82) is 0 Å². The fraction of sp³-hybridized carbons (Fsp3) is 0.444. The summed E-state index contributed by atoms with van der Waals surface area (Å²) in [6.45, 7) is 3.85. The van der Waals surface area contributed by atoms with Crippen LogP contribution in [0.15, 0.2) is 48.8 Å². The smallest absolute Gasteiger partial charge is 0.222 e. The molecule has 0 unspecified atom stereocenters. The molecule has 2 fully saturated rings. The van der Waals surface area contributed by atoms with Crippen LogP contribution in [-0.2, 0) is 11.3 Å². The van der Waals surface area contributed by atoms with Gasteiger partial charge in [-0.15, -0.1) is 0 Å². The maximum atomic E-state index is 6.19. The highest BCUT2D eigenvalue weighted by molar-refractivity contribution is 5.25. The van der Waals surface area contributed by atoms with Gasteiger partial charge >= 0.3 is 0 Å². The minimum atomic E-state index is 0.00122. The zero-order valence-electron chi connectivity index (χ0n) is 13.2. The Morgan fingerprint density at radius 2 is 2.00 bits per heavy atom. The van der Waals surface area contributed by atoms with Crippen molar-refractivity contribution in [2.45, 2.75) is 31.0 Å². The largest absolute Gasteiger partial charge is 0.371 e. The van der Waals surface area contributed by atoms with Gasteiger partial charge in [0, 0.05) is 38.4 Å². The predicted octanol–water partition coefficient (Wildman–Crippen LogP) is 2.32. The molecule has 0 bridgehead atoms. The fourth-order valence-electron chi connectivity index (χ4n) is 3.68. The summed E-state index contributed by atoms with van der Waals surface area (Å²) >= 11 is 0. The van der Waals surface area contributed by atoms with Crippen LogP contribution in [0.3, 0.4) is 0 Å². The van der Waals surface area contributed by atoms with Crippen LogP contribution in [0.1, 0.15) is 18.4 Å². The molecule has 0 aliphatic carbocycles. The Balaban J connectivity index is 1.34. The molecule has 0 saturated carbocycles. The van der Waals surface area contributed by atoms with Crippen LogP contribution < -0.4 is 5.32 Å². The van der Waals surface area contributed by atoms with E-state index >= 15 is 0 Å². The van der Waals surface area contributed by atoms with E-state index in [9.17, 15) is 0 Å². The minimum Gasteiger partial charge on any atom is -0.371 e. The van der Waals surface area contributed by atoms with Gasteiger partial charge in [0.1, 0.15) is 0 Å². The summed E-state index contributed by atoms with van der Waals surface area (Å²) in [7, 11) is 0. The number of hydrogen-bond acceptors (Lipinski definition) is 5. The van der Waals surface area contributed by atoms with Crippen molar-refractivity contribution in [3.05, 3.63) is 54.4 Å². The quantitative estimate of drug-likeness (QED) is 0.939. The van der Waals surface area contributed by atoms with Crippen molar-refractivity contribution in [3.63, 3.8) is 0 Å². The van der Waals surface area contributed by atoms with E-state index in [1.807, 2.05) is 6.07 Å². The lowest BCUT2D eigenvalue weighted by atomic mass is 9.97. The van der Waals surface area contributed by atoms with Gasteiger partial charge in [-0.25, -0.2) is 9.97 Å². The number of hydrogen-bond donors (Lipinski definition) is 1. The molecule has 1 aromatic carbocycles. The number of likely N-dealkylation sites (tertiary alicyclic amines) is 1. The first-order valence-electron chi connectivity index (χ1n) is 8.25. The Kier molecular flexibility index (Phi) is 3.97. The van der Waals surface area contributed by atoms with Gasteiger partial charge in [-0.3, -0.25) is 4.90 Å². The lowest BCUT2D eigenvalue weighted by Crippen LogP contribution is -2.33. The van der Waals surface area contributed by atoms with Crippen LogP contribution in [0, 0.1) is 0 Å². The normalized spacial score (nSPS) is 27.6. The highest BCUT2D eigenvalue weighted by Crippen LogP contribution is 2.36. The summed E-state index contributed by atoms with van der Waals surface area (Å²) in [6, 6.07) is 12.8. The van der Waals surface area contributed by atoms with Crippen molar-refractivity contribution in [3.8, 4) is 0 Å². The van der Waals surface area contributed by atoms with Gasteiger partial charge in [0.15, 0.2) is 0 Å². The third-order valence-corrected chi connectivity index (χ3v) is 4.75. The van der Waals surface area contributed by atoms with Gasteiger partial charge in [-0.1, -0.05) is 30.3 Å². The number of nitrogens with zero attached hydrogens (tertiary/aromatic N) is 3. The average Bonchev–Trinajstić information content (AvgIpc) is 3.16. The highest BCUT2D eigenvalue weighted by Gasteiger charge is 2.45. The fourth-order valence-corrected chi connectivity index (χ4v) is 3.68. The van der Waals surface area contributed by atoms with Crippen LogP contribution in [0.2, 0.25) is 0 Å². The zero-order valence-corrected chi connectivity index (χ0v) is 13.2. The molecule has 0 amide bonds. The number of ether oxygens (including phenoxy) is 1. The van der Waals surface area contributed by atoms with Crippen molar-refractivity contribution in [2.75, 3.05) is 25.0 Å². The molecule has 2 aliphatic heterocycles. The van der Waals surface area contributed by atoms with E-state index in [1.165, 1.54) is 5.56 Å². The Labute approximate surface area is 136 Å². The Morgan fingerprint density at radius 3 is 2.83 bits per heavy atom. The third kappa shape index (κ3) is 3.35. The second kappa shape index (κ2) is 6.26. The first kappa shape index (κ1) is 14.6. The third-order valence-electron chi connectivity index (χ3n) is 4.75. The molecule has 120 valence electrons. The van der Waals surface area contributed by atoms with E-state index in [1.54, 1.807) is 12.4 Å². The van der Waals surface area contributed by atoms with Gasteiger partial charge in [-0.05, 0) is 18.1 Å². The molecule has 5 heteroatoms. The van der Waals surface area contributed by atoms with Gasteiger partial charge in [-0.2, -0.15) is 0 Å². The van der Waals surface area contributed by atoms with Crippen molar-refractivity contribution in [2.24, 2.45) is 0 Å². The molecule has 1 N–H and O–H groups in total. The summed E-state index contributed by atoms with van der Waals surface area (Å²) in [5, 5.41) is 3.39. The lowest BCUT2D eigenvalue weighted by molar-refractivity contribution is 0.0120. The van der Waals surface area contributed by atoms with Crippen LogP contribution in [0.4, 0.5) is 5.95 Å².